The van der Waals surface area contributed by atoms with E-state index in [-0.39, 0.29) is 12.5 Å². The Bertz CT molecular complexity index is 447. The first-order valence-corrected chi connectivity index (χ1v) is 6.66. The first-order chi connectivity index (χ1) is 9.55. The first-order valence-electron chi connectivity index (χ1n) is 6.66. The maximum atomic E-state index is 11.4. The number of anilines is 3. The van der Waals surface area contributed by atoms with Crippen molar-refractivity contribution in [2.45, 2.75) is 13.8 Å². The molecule has 1 aromatic heterocycles. The molecule has 1 aromatic rings. The van der Waals surface area contributed by atoms with E-state index in [9.17, 15) is 4.79 Å². The van der Waals surface area contributed by atoms with Gasteiger partial charge in [-0.1, -0.05) is 0 Å². The van der Waals surface area contributed by atoms with E-state index in [0.29, 0.717) is 17.8 Å². The summed E-state index contributed by atoms with van der Waals surface area (Å²) in [6, 6.07) is 0. The Morgan fingerprint density at radius 1 is 1.10 bits per heavy atom. The van der Waals surface area contributed by atoms with Crippen molar-refractivity contribution in [2.24, 2.45) is 0 Å². The Balaban J connectivity index is 3.06. The third-order valence-electron chi connectivity index (χ3n) is 2.88. The molecule has 0 saturated carbocycles. The van der Waals surface area contributed by atoms with Crippen LogP contribution in [0.1, 0.15) is 13.8 Å². The second-order valence-electron chi connectivity index (χ2n) is 4.21. The molecule has 112 valence electrons. The van der Waals surface area contributed by atoms with Gasteiger partial charge in [0, 0.05) is 34.2 Å². The molecule has 0 aromatic carbocycles. The lowest BCUT2D eigenvalue weighted by Crippen LogP contribution is -2.34. The summed E-state index contributed by atoms with van der Waals surface area (Å²) in [5.74, 6) is 1.46. The first kappa shape index (κ1) is 15.9. The summed E-state index contributed by atoms with van der Waals surface area (Å²) >= 11 is 0. The van der Waals surface area contributed by atoms with E-state index in [2.05, 4.69) is 25.6 Å². The molecule has 0 spiro atoms. The van der Waals surface area contributed by atoms with Crippen molar-refractivity contribution < 1.29 is 4.79 Å². The number of amides is 1. The normalized spacial score (nSPS) is 10.1. The van der Waals surface area contributed by atoms with Crippen LogP contribution in [0.25, 0.3) is 0 Å². The molecule has 2 N–H and O–H groups in total. The van der Waals surface area contributed by atoms with Crippen LogP contribution in [0.15, 0.2) is 0 Å². The number of likely N-dealkylation sites (N-methyl/N-ethyl adjacent to an activating group) is 2. The van der Waals surface area contributed by atoms with Crippen molar-refractivity contribution in [3.63, 3.8) is 0 Å². The van der Waals surface area contributed by atoms with Crippen molar-refractivity contribution >= 4 is 23.8 Å². The van der Waals surface area contributed by atoms with E-state index in [1.54, 1.807) is 26.0 Å². The fourth-order valence-corrected chi connectivity index (χ4v) is 1.65. The molecule has 0 bridgehead atoms. The van der Waals surface area contributed by atoms with Crippen LogP contribution in [0.2, 0.25) is 0 Å². The molecule has 0 aliphatic rings. The van der Waals surface area contributed by atoms with Gasteiger partial charge in [0.15, 0.2) is 0 Å². The van der Waals surface area contributed by atoms with Crippen molar-refractivity contribution in [3.8, 4) is 0 Å². The standard InChI is InChI=1S/C12H23N7O/c1-6-19(7-2)12-16-10(14-4)15-11(17-12)18(5)8-9(20)13-3/h6-8H2,1-5H3,(H,13,20)(H,14,15,16,17). The van der Waals surface area contributed by atoms with Crippen molar-refractivity contribution in [3.05, 3.63) is 0 Å². The largest absolute Gasteiger partial charge is 0.358 e. The van der Waals surface area contributed by atoms with Gasteiger partial charge in [0.05, 0.1) is 6.54 Å². The minimum Gasteiger partial charge on any atom is -0.358 e. The second kappa shape index (κ2) is 7.46. The van der Waals surface area contributed by atoms with E-state index in [4.69, 9.17) is 0 Å². The molecule has 1 rings (SSSR count). The lowest BCUT2D eigenvalue weighted by molar-refractivity contribution is -0.119. The smallest absolute Gasteiger partial charge is 0.239 e. The van der Waals surface area contributed by atoms with E-state index >= 15 is 0 Å². The number of rotatable bonds is 7. The summed E-state index contributed by atoms with van der Waals surface area (Å²) in [6.45, 7) is 5.90. The fraction of sp³-hybridized carbons (Fsp3) is 0.667. The number of hydrogen-bond acceptors (Lipinski definition) is 7. The quantitative estimate of drug-likeness (QED) is 0.724. The Kier molecular flexibility index (Phi) is 5.95. The van der Waals surface area contributed by atoms with Crippen molar-refractivity contribution in [2.75, 3.05) is 55.9 Å². The maximum Gasteiger partial charge on any atom is 0.239 e. The summed E-state index contributed by atoms with van der Waals surface area (Å²) in [4.78, 5) is 28.2. The molecular formula is C12H23N7O. The SMILES string of the molecule is CCN(CC)c1nc(NC)nc(N(C)CC(=O)NC)n1. The van der Waals surface area contributed by atoms with Crippen LogP contribution in [0, 0.1) is 0 Å². The van der Waals surface area contributed by atoms with Crippen LogP contribution in [0.4, 0.5) is 17.8 Å². The molecule has 1 heterocycles. The molecule has 0 fully saturated rings. The number of carbonyl (C=O) groups is 1. The van der Waals surface area contributed by atoms with Gasteiger partial charge in [-0.3, -0.25) is 4.79 Å². The van der Waals surface area contributed by atoms with Gasteiger partial charge < -0.3 is 20.4 Å². The highest BCUT2D eigenvalue weighted by molar-refractivity contribution is 5.80. The maximum absolute atomic E-state index is 11.4. The third-order valence-corrected chi connectivity index (χ3v) is 2.88. The van der Waals surface area contributed by atoms with E-state index in [1.165, 1.54) is 0 Å². The van der Waals surface area contributed by atoms with Gasteiger partial charge in [0.25, 0.3) is 0 Å². The topological polar surface area (TPSA) is 86.3 Å². The second-order valence-corrected chi connectivity index (χ2v) is 4.21. The van der Waals surface area contributed by atoms with Crippen LogP contribution >= 0.6 is 0 Å². The fourth-order valence-electron chi connectivity index (χ4n) is 1.65. The molecule has 0 aliphatic carbocycles. The Morgan fingerprint density at radius 2 is 1.70 bits per heavy atom. The van der Waals surface area contributed by atoms with Gasteiger partial charge in [-0.2, -0.15) is 15.0 Å². The Labute approximate surface area is 119 Å². The molecule has 0 radical (unpaired) electrons. The monoisotopic (exact) mass is 281 g/mol. The predicted octanol–water partition coefficient (Wildman–Crippen LogP) is -0.0583. The lowest BCUT2D eigenvalue weighted by atomic mass is 10.5. The van der Waals surface area contributed by atoms with Gasteiger partial charge in [-0.15, -0.1) is 0 Å². The molecule has 8 heteroatoms. The van der Waals surface area contributed by atoms with Crippen molar-refractivity contribution in [1.29, 1.82) is 0 Å². The van der Waals surface area contributed by atoms with Crippen LogP contribution < -0.4 is 20.4 Å². The highest BCUT2D eigenvalue weighted by Gasteiger charge is 2.14. The average molecular weight is 281 g/mol. The molecule has 0 saturated heterocycles. The molecule has 0 unspecified atom stereocenters. The zero-order chi connectivity index (χ0) is 15.1. The summed E-state index contributed by atoms with van der Waals surface area (Å²) in [5, 5.41) is 5.49. The summed E-state index contributed by atoms with van der Waals surface area (Å²) < 4.78 is 0. The lowest BCUT2D eigenvalue weighted by Gasteiger charge is -2.22. The molecular weight excluding hydrogens is 258 g/mol. The number of hydrogen-bond donors (Lipinski definition) is 2. The van der Waals surface area contributed by atoms with Crippen LogP contribution in [0.3, 0.4) is 0 Å². The van der Waals surface area contributed by atoms with E-state index < -0.39 is 0 Å². The molecule has 20 heavy (non-hydrogen) atoms. The van der Waals surface area contributed by atoms with Crippen LogP contribution in [-0.2, 0) is 4.79 Å². The highest BCUT2D eigenvalue weighted by atomic mass is 16.1. The van der Waals surface area contributed by atoms with Gasteiger partial charge in [0.1, 0.15) is 0 Å². The summed E-state index contributed by atoms with van der Waals surface area (Å²) in [7, 11) is 5.13. The summed E-state index contributed by atoms with van der Waals surface area (Å²) in [6.07, 6.45) is 0. The Morgan fingerprint density at radius 3 is 2.20 bits per heavy atom. The average Bonchev–Trinajstić information content (AvgIpc) is 2.47. The van der Waals surface area contributed by atoms with Gasteiger partial charge in [0.2, 0.25) is 23.8 Å². The zero-order valence-electron chi connectivity index (χ0n) is 12.8. The molecule has 1 amide bonds. The predicted molar refractivity (Wildman–Crippen MR) is 80.3 cm³/mol. The minimum atomic E-state index is -0.0942. The number of nitrogens with zero attached hydrogens (tertiary/aromatic N) is 5. The Hall–Kier alpha value is -2.12. The number of aromatic nitrogens is 3. The van der Waals surface area contributed by atoms with Gasteiger partial charge in [-0.25, -0.2) is 0 Å². The number of nitrogens with one attached hydrogen (secondary N) is 2. The minimum absolute atomic E-state index is 0.0942. The summed E-state index contributed by atoms with van der Waals surface area (Å²) in [5.41, 5.74) is 0. The van der Waals surface area contributed by atoms with Crippen LogP contribution in [-0.4, -0.2) is 61.6 Å². The van der Waals surface area contributed by atoms with Gasteiger partial charge >= 0.3 is 0 Å². The molecule has 0 atom stereocenters. The zero-order valence-corrected chi connectivity index (χ0v) is 12.8. The highest BCUT2D eigenvalue weighted by Crippen LogP contribution is 2.15. The number of carbonyl (C=O) groups excluding carboxylic acids is 1. The molecule has 8 nitrogen and oxygen atoms in total. The van der Waals surface area contributed by atoms with Crippen LogP contribution in [0.5, 0.6) is 0 Å². The van der Waals surface area contributed by atoms with Crippen molar-refractivity contribution in [1.82, 2.24) is 20.3 Å². The van der Waals surface area contributed by atoms with E-state index in [0.717, 1.165) is 13.1 Å². The third kappa shape index (κ3) is 3.94. The van der Waals surface area contributed by atoms with E-state index in [1.807, 2.05) is 18.7 Å². The van der Waals surface area contributed by atoms with Gasteiger partial charge in [-0.05, 0) is 13.8 Å². The molecule has 0 aliphatic heterocycles.